The summed E-state index contributed by atoms with van der Waals surface area (Å²) >= 11 is 0. The number of nitrogens with zero attached hydrogens (tertiary/aromatic N) is 2. The molecule has 0 radical (unpaired) electrons. The van der Waals surface area contributed by atoms with Crippen LogP contribution in [0.1, 0.15) is 30.5 Å². The lowest BCUT2D eigenvalue weighted by atomic mass is 9.88. The molecule has 1 aliphatic rings. The smallest absolute Gasteiger partial charge is 0.420 e. The van der Waals surface area contributed by atoms with Gasteiger partial charge in [-0.05, 0) is 25.0 Å². The summed E-state index contributed by atoms with van der Waals surface area (Å²) in [6.45, 7) is 1.82. The molecule has 1 N–H and O–H groups in total. The van der Waals surface area contributed by atoms with Crippen molar-refractivity contribution >= 4 is 15.9 Å². The third-order valence-corrected chi connectivity index (χ3v) is 7.62. The van der Waals surface area contributed by atoms with Crippen LogP contribution in [-0.2, 0) is 16.3 Å². The van der Waals surface area contributed by atoms with Crippen LogP contribution in [0.3, 0.4) is 0 Å². The molecule has 2 atom stereocenters. The minimum absolute atomic E-state index is 0.0445. The van der Waals surface area contributed by atoms with Crippen molar-refractivity contribution in [3.05, 3.63) is 82.3 Å². The number of carbonyl (C=O) groups is 1. The molecule has 0 amide bonds. The van der Waals surface area contributed by atoms with Gasteiger partial charge in [-0.2, -0.15) is 4.57 Å². The Balaban J connectivity index is 1.86. The number of rotatable bonds is 3. The molecular weight excluding hydrogens is 404 g/mol. The molecule has 0 saturated heterocycles. The maximum atomic E-state index is 13.2. The van der Waals surface area contributed by atoms with Crippen LogP contribution in [-0.4, -0.2) is 34.4 Å². The van der Waals surface area contributed by atoms with Crippen LogP contribution < -0.4 is 5.56 Å². The Kier molecular flexibility index (Phi) is 5.03. The fourth-order valence-electron chi connectivity index (χ4n) is 3.99. The minimum Gasteiger partial charge on any atom is -0.464 e. The Morgan fingerprint density at radius 3 is 2.27 bits per heavy atom. The topological polar surface area (TPSA) is 106 Å². The van der Waals surface area contributed by atoms with Crippen molar-refractivity contribution in [3.63, 3.8) is 0 Å². The van der Waals surface area contributed by atoms with E-state index in [1.165, 1.54) is 12.1 Å². The highest BCUT2D eigenvalue weighted by Crippen LogP contribution is 2.35. The van der Waals surface area contributed by atoms with E-state index in [-0.39, 0.29) is 28.6 Å². The van der Waals surface area contributed by atoms with E-state index in [0.717, 1.165) is 0 Å². The Morgan fingerprint density at radius 2 is 1.67 bits per heavy atom. The first-order valence-electron chi connectivity index (χ1n) is 9.54. The van der Waals surface area contributed by atoms with Crippen LogP contribution in [0.15, 0.2) is 70.4 Å². The van der Waals surface area contributed by atoms with Crippen LogP contribution in [0.4, 0.5) is 4.79 Å². The molecule has 0 spiro atoms. The second-order valence-electron chi connectivity index (χ2n) is 7.41. The van der Waals surface area contributed by atoms with Crippen LogP contribution in [0.25, 0.3) is 11.4 Å². The molecule has 1 aliphatic carbocycles. The highest BCUT2D eigenvalue weighted by molar-refractivity contribution is 7.92. The zero-order chi connectivity index (χ0) is 21.5. The summed E-state index contributed by atoms with van der Waals surface area (Å²) in [5.41, 5.74) is 0.397. The number of benzene rings is 2. The van der Waals surface area contributed by atoms with E-state index in [9.17, 15) is 23.1 Å². The largest absolute Gasteiger partial charge is 0.464 e. The maximum Gasteiger partial charge on any atom is 0.420 e. The summed E-state index contributed by atoms with van der Waals surface area (Å²) < 4.78 is 26.8. The molecule has 8 heteroatoms. The first-order chi connectivity index (χ1) is 14.3. The van der Waals surface area contributed by atoms with Crippen molar-refractivity contribution in [2.45, 2.75) is 35.8 Å². The lowest BCUT2D eigenvalue weighted by molar-refractivity contribution is 0.195. The number of aromatic nitrogens is 2. The molecule has 0 saturated carbocycles. The van der Waals surface area contributed by atoms with Gasteiger partial charge in [-0.1, -0.05) is 55.5 Å². The standard InChI is InChI=1S/C22H20N2O5S/c1-14-12-17(30(28,29)16-10-6-3-7-11-16)13-18-19(14)23-20(15-8-4-2-5-9-15)24(21(18)25)22(26)27/h2-11,14,17H,12-13H2,1H3,(H,26,27). The average molecular weight is 424 g/mol. The fourth-order valence-corrected chi connectivity index (χ4v) is 5.84. The third kappa shape index (κ3) is 3.33. The monoisotopic (exact) mass is 424 g/mol. The van der Waals surface area contributed by atoms with Gasteiger partial charge < -0.3 is 5.11 Å². The molecule has 0 aliphatic heterocycles. The van der Waals surface area contributed by atoms with Gasteiger partial charge in [0.05, 0.1) is 15.8 Å². The minimum atomic E-state index is -3.67. The highest BCUT2D eigenvalue weighted by Gasteiger charge is 2.37. The molecule has 0 bridgehead atoms. The normalized spacial score (nSPS) is 18.6. The van der Waals surface area contributed by atoms with Crippen LogP contribution in [0, 0.1) is 0 Å². The van der Waals surface area contributed by atoms with E-state index in [0.29, 0.717) is 22.2 Å². The van der Waals surface area contributed by atoms with E-state index >= 15 is 0 Å². The lowest BCUT2D eigenvalue weighted by Crippen LogP contribution is -2.39. The van der Waals surface area contributed by atoms with E-state index in [1.54, 1.807) is 48.5 Å². The van der Waals surface area contributed by atoms with Gasteiger partial charge in [-0.25, -0.2) is 18.2 Å². The van der Waals surface area contributed by atoms with Gasteiger partial charge in [0.25, 0.3) is 5.56 Å². The third-order valence-electron chi connectivity index (χ3n) is 5.46. The SMILES string of the molecule is CC1CC(S(=O)(=O)c2ccccc2)Cc2c1nc(-c1ccccc1)n(C(=O)O)c2=O. The fraction of sp³-hybridized carbons (Fsp3) is 0.227. The number of fused-ring (bicyclic) bond motifs is 1. The Labute approximate surface area is 173 Å². The Hall–Kier alpha value is -3.26. The highest BCUT2D eigenvalue weighted by atomic mass is 32.2. The predicted octanol–water partition coefficient (Wildman–Crippen LogP) is 3.33. The van der Waals surface area contributed by atoms with Crippen molar-refractivity contribution in [1.82, 2.24) is 9.55 Å². The second kappa shape index (κ2) is 7.53. The van der Waals surface area contributed by atoms with E-state index in [1.807, 2.05) is 6.92 Å². The van der Waals surface area contributed by atoms with Crippen molar-refractivity contribution in [2.24, 2.45) is 0 Å². The molecule has 0 fully saturated rings. The number of hydrogen-bond donors (Lipinski definition) is 1. The second-order valence-corrected chi connectivity index (χ2v) is 9.64. The zero-order valence-electron chi connectivity index (χ0n) is 16.2. The van der Waals surface area contributed by atoms with Crippen LogP contribution in [0.5, 0.6) is 0 Å². The number of sulfone groups is 1. The average Bonchev–Trinajstić information content (AvgIpc) is 2.75. The summed E-state index contributed by atoms with van der Waals surface area (Å²) in [5.74, 6) is -0.265. The number of hydrogen-bond acceptors (Lipinski definition) is 5. The quantitative estimate of drug-likeness (QED) is 0.691. The summed E-state index contributed by atoms with van der Waals surface area (Å²) in [4.78, 5) is 29.8. The van der Waals surface area contributed by atoms with Crippen LogP contribution >= 0.6 is 0 Å². The maximum absolute atomic E-state index is 13.2. The molecule has 30 heavy (non-hydrogen) atoms. The molecule has 2 unspecified atom stereocenters. The van der Waals surface area contributed by atoms with E-state index < -0.39 is 26.7 Å². The van der Waals surface area contributed by atoms with Crippen molar-refractivity contribution in [2.75, 3.05) is 0 Å². The molecule has 7 nitrogen and oxygen atoms in total. The first kappa shape index (κ1) is 20.0. The molecule has 154 valence electrons. The summed E-state index contributed by atoms with van der Waals surface area (Å²) in [6, 6.07) is 16.7. The molecular formula is C22H20N2O5S. The molecule has 4 rings (SSSR count). The summed E-state index contributed by atoms with van der Waals surface area (Å²) in [6.07, 6.45) is -1.21. The molecule has 2 aromatic carbocycles. The first-order valence-corrected chi connectivity index (χ1v) is 11.1. The van der Waals surface area contributed by atoms with Gasteiger partial charge in [0.1, 0.15) is 0 Å². The Morgan fingerprint density at radius 1 is 1.07 bits per heavy atom. The van der Waals surface area contributed by atoms with Gasteiger partial charge in [-0.15, -0.1) is 0 Å². The summed E-state index contributed by atoms with van der Waals surface area (Å²) in [7, 11) is -3.67. The molecule has 1 aromatic heterocycles. The van der Waals surface area contributed by atoms with Gasteiger partial charge in [0, 0.05) is 17.0 Å². The van der Waals surface area contributed by atoms with Crippen molar-refractivity contribution in [3.8, 4) is 11.4 Å². The lowest BCUT2D eigenvalue weighted by Gasteiger charge is -2.29. The molecule has 3 aromatic rings. The van der Waals surface area contributed by atoms with Gasteiger partial charge in [0.15, 0.2) is 15.7 Å². The predicted molar refractivity (Wildman–Crippen MR) is 112 cm³/mol. The number of carboxylic acid groups (broad SMARTS) is 1. The van der Waals surface area contributed by atoms with Crippen molar-refractivity contribution < 1.29 is 18.3 Å². The van der Waals surface area contributed by atoms with E-state index in [2.05, 4.69) is 4.98 Å². The Bertz CT molecular complexity index is 1270. The zero-order valence-corrected chi connectivity index (χ0v) is 17.0. The van der Waals surface area contributed by atoms with Crippen molar-refractivity contribution in [1.29, 1.82) is 0 Å². The summed E-state index contributed by atoms with van der Waals surface area (Å²) in [5, 5.41) is 8.87. The van der Waals surface area contributed by atoms with Crippen LogP contribution in [0.2, 0.25) is 0 Å². The molecule has 1 heterocycles. The van der Waals surface area contributed by atoms with Gasteiger partial charge in [-0.3, -0.25) is 4.79 Å². The van der Waals surface area contributed by atoms with E-state index in [4.69, 9.17) is 0 Å². The van der Waals surface area contributed by atoms with Gasteiger partial charge >= 0.3 is 6.09 Å². The van der Waals surface area contributed by atoms with Gasteiger partial charge in [0.2, 0.25) is 0 Å².